The van der Waals surface area contributed by atoms with Crippen molar-refractivity contribution in [3.05, 3.63) is 35.5 Å². The van der Waals surface area contributed by atoms with Gasteiger partial charge in [0.15, 0.2) is 0 Å². The molecule has 1 aliphatic rings. The molecule has 5 nitrogen and oxygen atoms in total. The topological polar surface area (TPSA) is 70.9 Å². The van der Waals surface area contributed by atoms with Crippen molar-refractivity contribution in [3.63, 3.8) is 0 Å². The fraction of sp³-hybridized carbons (Fsp3) is 0.500. The number of aliphatic carboxylic acids is 1. The predicted octanol–water partition coefficient (Wildman–Crippen LogP) is 4.51. The minimum Gasteiger partial charge on any atom is -0.497 e. The zero-order chi connectivity index (χ0) is 18.6. The van der Waals surface area contributed by atoms with Crippen LogP contribution in [0.3, 0.4) is 0 Å². The molecule has 2 N–H and O–H groups in total. The zero-order valence-electron chi connectivity index (χ0n) is 15.7. The second-order valence-electron chi connectivity index (χ2n) is 7.31. The van der Waals surface area contributed by atoms with Crippen LogP contribution in [0.1, 0.15) is 47.0 Å². The van der Waals surface area contributed by atoms with Crippen molar-refractivity contribution >= 4 is 17.4 Å². The monoisotopic (exact) mass is 344 g/mol. The van der Waals surface area contributed by atoms with Gasteiger partial charge in [0.2, 0.25) is 0 Å². The molecule has 0 aromatic heterocycles. The number of rotatable bonds is 6. The van der Waals surface area contributed by atoms with E-state index < -0.39 is 12.0 Å². The third kappa shape index (κ3) is 4.84. The Morgan fingerprint density at radius 3 is 2.48 bits per heavy atom. The zero-order valence-corrected chi connectivity index (χ0v) is 15.7. The van der Waals surface area contributed by atoms with Crippen LogP contribution in [0.4, 0.5) is 5.69 Å². The lowest BCUT2D eigenvalue weighted by molar-refractivity contribution is -0.138. The minimum absolute atomic E-state index is 0.0317. The molecule has 1 aromatic rings. The summed E-state index contributed by atoms with van der Waals surface area (Å²) in [6, 6.07) is 7.10. The van der Waals surface area contributed by atoms with Gasteiger partial charge in [0.05, 0.1) is 7.11 Å². The smallest absolute Gasteiger partial charge is 0.328 e. The largest absolute Gasteiger partial charge is 0.497 e. The molecule has 0 radical (unpaired) electrons. The van der Waals surface area contributed by atoms with Crippen molar-refractivity contribution in [2.45, 2.75) is 53.0 Å². The molecule has 0 saturated carbocycles. The highest BCUT2D eigenvalue weighted by atomic mass is 16.5. The number of allylic oxidation sites excluding steroid dienone is 2. The highest BCUT2D eigenvalue weighted by Crippen LogP contribution is 2.38. The Bertz CT molecular complexity index is 687. The van der Waals surface area contributed by atoms with Crippen molar-refractivity contribution < 1.29 is 14.6 Å². The van der Waals surface area contributed by atoms with E-state index in [1.54, 1.807) is 7.11 Å². The molecular weight excluding hydrogens is 316 g/mol. The van der Waals surface area contributed by atoms with Crippen molar-refractivity contribution in [3.8, 4) is 5.75 Å². The molecule has 1 atom stereocenters. The number of carbonyl (C=O) groups is 1. The van der Waals surface area contributed by atoms with Crippen LogP contribution < -0.4 is 10.1 Å². The summed E-state index contributed by atoms with van der Waals surface area (Å²) in [5.41, 5.74) is 4.05. The number of carboxylic acid groups (broad SMARTS) is 1. The van der Waals surface area contributed by atoms with Crippen molar-refractivity contribution in [1.82, 2.24) is 0 Å². The summed E-state index contributed by atoms with van der Waals surface area (Å²) in [5.74, 6) is -0.0504. The molecule has 136 valence electrons. The van der Waals surface area contributed by atoms with Crippen LogP contribution in [0.15, 0.2) is 40.5 Å². The first-order valence-corrected chi connectivity index (χ1v) is 8.66. The average Bonchev–Trinajstić information content (AvgIpc) is 2.56. The molecular formula is C20H28N2O3. The molecule has 1 aliphatic carbocycles. The Morgan fingerprint density at radius 1 is 1.32 bits per heavy atom. The number of methoxy groups -OCH3 is 1. The summed E-state index contributed by atoms with van der Waals surface area (Å²) in [6.45, 7) is 8.25. The molecule has 0 fully saturated rings. The van der Waals surface area contributed by atoms with E-state index in [4.69, 9.17) is 4.74 Å². The first-order valence-electron chi connectivity index (χ1n) is 8.66. The van der Waals surface area contributed by atoms with E-state index in [-0.39, 0.29) is 5.41 Å². The third-order valence-electron chi connectivity index (χ3n) is 4.56. The van der Waals surface area contributed by atoms with Gasteiger partial charge in [0.25, 0.3) is 0 Å². The molecule has 25 heavy (non-hydrogen) atoms. The first-order chi connectivity index (χ1) is 11.8. The summed E-state index contributed by atoms with van der Waals surface area (Å²) in [7, 11) is 1.65. The molecule has 0 heterocycles. The fourth-order valence-corrected chi connectivity index (χ4v) is 3.07. The van der Waals surface area contributed by atoms with Crippen LogP contribution >= 0.6 is 0 Å². The van der Waals surface area contributed by atoms with Crippen LogP contribution in [-0.4, -0.2) is 29.9 Å². The van der Waals surface area contributed by atoms with E-state index in [0.717, 1.165) is 41.3 Å². The van der Waals surface area contributed by atoms with Gasteiger partial charge in [-0.05, 0) is 61.4 Å². The summed E-state index contributed by atoms with van der Waals surface area (Å²) < 4.78 is 5.19. The number of nitrogens with zero attached hydrogens (tertiary/aromatic N) is 1. The SMILES string of the molecule is CCC(N=C1CC(C)(C)CC(Nc2ccc(OC)cc2)=C1C)C(=O)O. The third-order valence-corrected chi connectivity index (χ3v) is 4.56. The standard InChI is InChI=1S/C20H28N2O3/c1-6-16(19(23)24)22-18-12-20(3,4)11-17(13(18)2)21-14-7-9-15(25-5)10-8-14/h7-10,16,21H,6,11-12H2,1-5H3,(H,23,24). The Hall–Kier alpha value is -2.30. The predicted molar refractivity (Wildman–Crippen MR) is 101 cm³/mol. The first kappa shape index (κ1) is 19.0. The van der Waals surface area contributed by atoms with Gasteiger partial charge in [-0.1, -0.05) is 20.8 Å². The van der Waals surface area contributed by atoms with Gasteiger partial charge in [-0.3, -0.25) is 4.99 Å². The Kier molecular flexibility index (Phi) is 5.88. The Morgan fingerprint density at radius 2 is 1.96 bits per heavy atom. The molecule has 2 rings (SSSR count). The van der Waals surface area contributed by atoms with Crippen LogP contribution in [0.25, 0.3) is 0 Å². The van der Waals surface area contributed by atoms with Gasteiger partial charge >= 0.3 is 5.97 Å². The lowest BCUT2D eigenvalue weighted by atomic mass is 9.75. The summed E-state index contributed by atoms with van der Waals surface area (Å²) in [4.78, 5) is 15.9. The van der Waals surface area contributed by atoms with Gasteiger partial charge in [-0.2, -0.15) is 0 Å². The maximum atomic E-state index is 11.4. The molecule has 5 heteroatoms. The van der Waals surface area contributed by atoms with E-state index in [9.17, 15) is 9.90 Å². The summed E-state index contributed by atoms with van der Waals surface area (Å²) >= 11 is 0. The highest BCUT2D eigenvalue weighted by molar-refractivity contribution is 6.03. The number of hydrogen-bond donors (Lipinski definition) is 2. The summed E-state index contributed by atoms with van der Waals surface area (Å²) in [5, 5.41) is 12.8. The number of aliphatic imine (C=N–C) groups is 1. The molecule has 1 aromatic carbocycles. The van der Waals surface area contributed by atoms with Crippen molar-refractivity contribution in [1.29, 1.82) is 0 Å². The molecule has 0 saturated heterocycles. The van der Waals surface area contributed by atoms with Crippen LogP contribution in [0.5, 0.6) is 5.75 Å². The number of carboxylic acids is 1. The van der Waals surface area contributed by atoms with Gasteiger partial charge in [-0.15, -0.1) is 0 Å². The van der Waals surface area contributed by atoms with Crippen LogP contribution in [0, 0.1) is 5.41 Å². The van der Waals surface area contributed by atoms with Gasteiger partial charge in [-0.25, -0.2) is 4.79 Å². The van der Waals surface area contributed by atoms with Gasteiger partial charge < -0.3 is 15.2 Å². The van der Waals surface area contributed by atoms with Gasteiger partial charge in [0.1, 0.15) is 11.8 Å². The number of nitrogens with one attached hydrogen (secondary N) is 1. The van der Waals surface area contributed by atoms with Crippen molar-refractivity contribution in [2.24, 2.45) is 10.4 Å². The number of benzene rings is 1. The normalized spacial score (nSPS) is 19.6. The second kappa shape index (κ2) is 7.72. The van der Waals surface area contributed by atoms with Crippen LogP contribution in [0.2, 0.25) is 0 Å². The number of ether oxygens (including phenoxy) is 1. The average molecular weight is 344 g/mol. The Labute approximate surface area is 149 Å². The second-order valence-corrected chi connectivity index (χ2v) is 7.31. The lowest BCUT2D eigenvalue weighted by Gasteiger charge is -2.34. The number of anilines is 1. The van der Waals surface area contributed by atoms with Gasteiger partial charge in [0, 0.05) is 17.1 Å². The van der Waals surface area contributed by atoms with E-state index >= 15 is 0 Å². The van der Waals surface area contributed by atoms with E-state index in [1.165, 1.54) is 0 Å². The minimum atomic E-state index is -0.865. The van der Waals surface area contributed by atoms with E-state index in [2.05, 4.69) is 24.2 Å². The molecule has 1 unspecified atom stereocenters. The number of hydrogen-bond acceptors (Lipinski definition) is 4. The maximum Gasteiger partial charge on any atom is 0.328 e. The quantitative estimate of drug-likeness (QED) is 0.797. The van der Waals surface area contributed by atoms with Crippen LogP contribution in [-0.2, 0) is 4.79 Å². The van der Waals surface area contributed by atoms with Crippen molar-refractivity contribution in [2.75, 3.05) is 12.4 Å². The summed E-state index contributed by atoms with van der Waals surface area (Å²) in [6.07, 6.45) is 2.18. The Balaban J connectivity index is 2.34. The fourth-order valence-electron chi connectivity index (χ4n) is 3.07. The highest BCUT2D eigenvalue weighted by Gasteiger charge is 2.31. The molecule has 0 amide bonds. The molecule has 0 bridgehead atoms. The lowest BCUT2D eigenvalue weighted by Crippen LogP contribution is -2.29. The van der Waals surface area contributed by atoms with E-state index in [0.29, 0.717) is 6.42 Å². The molecule has 0 spiro atoms. The maximum absolute atomic E-state index is 11.4. The molecule has 0 aliphatic heterocycles. The van der Waals surface area contributed by atoms with E-state index in [1.807, 2.05) is 38.1 Å².